The van der Waals surface area contributed by atoms with Crippen molar-refractivity contribution in [2.24, 2.45) is 5.92 Å². The molecule has 1 aromatic rings. The SMILES string of the molecule is CC(C)[C@@H](C(=O)N[C@@H](Cc1ccccc1)[C@@H](O)CNC(=O)CON1C(=O)CCC1=O)N1CCCNC1=O. The van der Waals surface area contributed by atoms with Gasteiger partial charge >= 0.3 is 6.03 Å². The van der Waals surface area contributed by atoms with Gasteiger partial charge in [-0.25, -0.2) is 4.79 Å². The number of amides is 6. The Morgan fingerprint density at radius 1 is 1.11 bits per heavy atom. The van der Waals surface area contributed by atoms with E-state index in [9.17, 15) is 29.1 Å². The number of hydroxylamine groups is 2. The smallest absolute Gasteiger partial charge is 0.318 e. The van der Waals surface area contributed by atoms with Crippen molar-refractivity contribution in [3.63, 3.8) is 0 Å². The van der Waals surface area contributed by atoms with E-state index in [0.717, 1.165) is 12.0 Å². The van der Waals surface area contributed by atoms with E-state index < -0.39 is 48.4 Å². The molecule has 0 radical (unpaired) electrons. The van der Waals surface area contributed by atoms with Crippen LogP contribution in [0.4, 0.5) is 4.79 Å². The second kappa shape index (κ2) is 13.2. The highest BCUT2D eigenvalue weighted by Gasteiger charge is 2.36. The van der Waals surface area contributed by atoms with Crippen LogP contribution in [0.15, 0.2) is 30.3 Å². The number of rotatable bonds is 12. The molecule has 12 heteroatoms. The molecule has 1 aromatic carbocycles. The van der Waals surface area contributed by atoms with Crippen molar-refractivity contribution in [1.29, 1.82) is 0 Å². The number of nitrogens with zero attached hydrogens (tertiary/aromatic N) is 2. The zero-order valence-electron chi connectivity index (χ0n) is 21.1. The van der Waals surface area contributed by atoms with E-state index in [1.54, 1.807) is 0 Å². The lowest BCUT2D eigenvalue weighted by Gasteiger charge is -2.37. The van der Waals surface area contributed by atoms with Gasteiger partial charge in [0, 0.05) is 32.5 Å². The average molecular weight is 518 g/mol. The summed E-state index contributed by atoms with van der Waals surface area (Å²) < 4.78 is 0. The summed E-state index contributed by atoms with van der Waals surface area (Å²) in [5.74, 6) is -2.23. The Labute approximate surface area is 215 Å². The number of carbonyl (C=O) groups excluding carboxylic acids is 5. The molecule has 2 heterocycles. The van der Waals surface area contributed by atoms with E-state index in [1.165, 1.54) is 4.90 Å². The number of carbonyl (C=O) groups is 5. The minimum atomic E-state index is -1.17. The van der Waals surface area contributed by atoms with Crippen LogP contribution >= 0.6 is 0 Å². The van der Waals surface area contributed by atoms with E-state index in [2.05, 4.69) is 16.0 Å². The fourth-order valence-corrected chi connectivity index (χ4v) is 4.37. The fourth-order valence-electron chi connectivity index (χ4n) is 4.37. The van der Waals surface area contributed by atoms with Gasteiger partial charge in [-0.2, -0.15) is 5.06 Å². The van der Waals surface area contributed by atoms with Gasteiger partial charge in [0.2, 0.25) is 11.8 Å². The molecule has 0 bridgehead atoms. The van der Waals surface area contributed by atoms with Crippen LogP contribution < -0.4 is 16.0 Å². The summed E-state index contributed by atoms with van der Waals surface area (Å²) in [6.07, 6.45) is -0.0896. The first kappa shape index (κ1) is 28.1. The monoisotopic (exact) mass is 517 g/mol. The Hall–Kier alpha value is -3.51. The van der Waals surface area contributed by atoms with Crippen molar-refractivity contribution in [3.05, 3.63) is 35.9 Å². The maximum absolute atomic E-state index is 13.4. The second-order valence-electron chi connectivity index (χ2n) is 9.50. The lowest BCUT2D eigenvalue weighted by Crippen LogP contribution is -2.60. The Kier molecular flexibility index (Phi) is 9.98. The van der Waals surface area contributed by atoms with E-state index in [-0.39, 0.29) is 37.8 Å². The number of hydrogen-bond acceptors (Lipinski definition) is 7. The molecule has 12 nitrogen and oxygen atoms in total. The molecular formula is C25H35N5O7. The van der Waals surface area contributed by atoms with Crippen LogP contribution in [0.5, 0.6) is 0 Å². The van der Waals surface area contributed by atoms with E-state index in [1.807, 2.05) is 44.2 Å². The van der Waals surface area contributed by atoms with Crippen molar-refractivity contribution in [2.75, 3.05) is 26.2 Å². The number of urea groups is 1. The van der Waals surface area contributed by atoms with Crippen LogP contribution in [-0.4, -0.2) is 89.2 Å². The van der Waals surface area contributed by atoms with Crippen molar-refractivity contribution >= 4 is 29.7 Å². The quantitative estimate of drug-likeness (QED) is 0.278. The first-order valence-corrected chi connectivity index (χ1v) is 12.5. The molecule has 37 heavy (non-hydrogen) atoms. The highest BCUT2D eigenvalue weighted by Crippen LogP contribution is 2.16. The summed E-state index contributed by atoms with van der Waals surface area (Å²) in [6.45, 7) is 3.93. The molecule has 0 spiro atoms. The predicted molar refractivity (Wildman–Crippen MR) is 131 cm³/mol. The van der Waals surface area contributed by atoms with Gasteiger partial charge in [-0.15, -0.1) is 0 Å². The van der Waals surface area contributed by atoms with Gasteiger partial charge in [0.1, 0.15) is 6.04 Å². The number of nitrogens with one attached hydrogen (secondary N) is 3. The maximum atomic E-state index is 13.4. The molecule has 4 N–H and O–H groups in total. The summed E-state index contributed by atoms with van der Waals surface area (Å²) >= 11 is 0. The van der Waals surface area contributed by atoms with Crippen LogP contribution in [0.1, 0.15) is 38.7 Å². The Bertz CT molecular complexity index is 971. The van der Waals surface area contributed by atoms with E-state index >= 15 is 0 Å². The summed E-state index contributed by atoms with van der Waals surface area (Å²) in [7, 11) is 0. The Morgan fingerprint density at radius 3 is 2.41 bits per heavy atom. The zero-order valence-corrected chi connectivity index (χ0v) is 21.1. The van der Waals surface area contributed by atoms with Gasteiger partial charge in [-0.1, -0.05) is 44.2 Å². The molecule has 0 aromatic heterocycles. The zero-order chi connectivity index (χ0) is 26.9. The molecule has 3 atom stereocenters. The summed E-state index contributed by atoms with van der Waals surface area (Å²) in [5.41, 5.74) is 0.865. The molecule has 0 saturated carbocycles. The number of aliphatic hydroxyl groups is 1. The highest BCUT2D eigenvalue weighted by molar-refractivity contribution is 6.00. The summed E-state index contributed by atoms with van der Waals surface area (Å²) in [5, 5.41) is 19.7. The molecule has 2 saturated heterocycles. The Morgan fingerprint density at radius 2 is 1.78 bits per heavy atom. The van der Waals surface area contributed by atoms with Gasteiger partial charge in [0.05, 0.1) is 12.1 Å². The lowest BCUT2D eigenvalue weighted by atomic mass is 9.97. The normalized spacial score (nSPS) is 18.4. The van der Waals surface area contributed by atoms with Gasteiger partial charge in [-0.3, -0.25) is 24.0 Å². The third kappa shape index (κ3) is 7.73. The van der Waals surface area contributed by atoms with Crippen LogP contribution in [-0.2, 0) is 30.4 Å². The molecule has 6 amide bonds. The predicted octanol–water partition coefficient (Wildman–Crippen LogP) is -0.288. The van der Waals surface area contributed by atoms with Gasteiger partial charge in [-0.05, 0) is 24.3 Å². The van der Waals surface area contributed by atoms with Crippen molar-refractivity contribution in [2.45, 2.75) is 57.7 Å². The molecule has 2 aliphatic rings. The van der Waals surface area contributed by atoms with E-state index in [0.29, 0.717) is 18.2 Å². The van der Waals surface area contributed by atoms with Crippen LogP contribution in [0, 0.1) is 5.92 Å². The second-order valence-corrected chi connectivity index (χ2v) is 9.50. The third-order valence-electron chi connectivity index (χ3n) is 6.28. The molecule has 0 aliphatic carbocycles. The van der Waals surface area contributed by atoms with Crippen LogP contribution in [0.2, 0.25) is 0 Å². The topological polar surface area (TPSA) is 157 Å². The largest absolute Gasteiger partial charge is 0.389 e. The van der Waals surface area contributed by atoms with Crippen molar-refractivity contribution in [1.82, 2.24) is 25.9 Å². The lowest BCUT2D eigenvalue weighted by molar-refractivity contribution is -0.188. The number of benzene rings is 1. The van der Waals surface area contributed by atoms with Crippen LogP contribution in [0.3, 0.4) is 0 Å². The first-order valence-electron chi connectivity index (χ1n) is 12.5. The average Bonchev–Trinajstić information content (AvgIpc) is 3.19. The molecule has 202 valence electrons. The maximum Gasteiger partial charge on any atom is 0.318 e. The first-order chi connectivity index (χ1) is 17.7. The third-order valence-corrected chi connectivity index (χ3v) is 6.28. The summed E-state index contributed by atoms with van der Waals surface area (Å²) in [6, 6.07) is 7.46. The number of hydrogen-bond donors (Lipinski definition) is 4. The standard InChI is InChI=1S/C25H35N5O7/c1-16(2)23(29-12-6-11-26-25(29)36)24(35)28-18(13-17-7-4-3-5-8-17)19(31)14-27-20(32)15-37-30-21(33)9-10-22(30)34/h3-5,7-8,16,18-19,23,31H,6,9-15H2,1-2H3,(H,26,36)(H,27,32)(H,28,35)/t18-,19-,23-/m0/s1. The van der Waals surface area contributed by atoms with E-state index in [4.69, 9.17) is 4.84 Å². The summed E-state index contributed by atoms with van der Waals surface area (Å²) in [4.78, 5) is 67.7. The number of aliphatic hydroxyl groups excluding tert-OH is 1. The molecule has 0 unspecified atom stereocenters. The highest BCUT2D eigenvalue weighted by atomic mass is 16.7. The fraction of sp³-hybridized carbons (Fsp3) is 0.560. The minimum absolute atomic E-state index is 0.0382. The van der Waals surface area contributed by atoms with Gasteiger partial charge in [0.15, 0.2) is 6.61 Å². The van der Waals surface area contributed by atoms with Gasteiger partial charge in [0.25, 0.3) is 11.8 Å². The Balaban J connectivity index is 1.63. The van der Waals surface area contributed by atoms with Crippen molar-refractivity contribution in [3.8, 4) is 0 Å². The molecule has 3 rings (SSSR count). The molecule has 2 aliphatic heterocycles. The minimum Gasteiger partial charge on any atom is -0.389 e. The number of imide groups is 1. The van der Waals surface area contributed by atoms with Crippen LogP contribution in [0.25, 0.3) is 0 Å². The van der Waals surface area contributed by atoms with Gasteiger partial charge < -0.3 is 26.0 Å². The molecular weight excluding hydrogens is 482 g/mol. The van der Waals surface area contributed by atoms with Crippen molar-refractivity contribution < 1.29 is 33.9 Å². The molecule has 2 fully saturated rings.